The molecule has 6 heteroatoms. The summed E-state index contributed by atoms with van der Waals surface area (Å²) in [5, 5.41) is 10.6. The third-order valence-electron chi connectivity index (χ3n) is 4.53. The Morgan fingerprint density at radius 3 is 2.55 bits per heavy atom. The Morgan fingerprint density at radius 1 is 1.03 bits per heavy atom. The number of benzene rings is 3. The lowest BCUT2D eigenvalue weighted by atomic mass is 10.0. The minimum Gasteiger partial charge on any atom is -0.507 e. The molecule has 3 aromatic carbocycles. The highest BCUT2D eigenvalue weighted by atomic mass is 79.9. The van der Waals surface area contributed by atoms with Gasteiger partial charge in [-0.2, -0.15) is 0 Å². The van der Waals surface area contributed by atoms with Gasteiger partial charge in [0.05, 0.1) is 12.7 Å². The van der Waals surface area contributed by atoms with Gasteiger partial charge in [0.2, 0.25) is 5.43 Å². The molecule has 29 heavy (non-hydrogen) atoms. The van der Waals surface area contributed by atoms with E-state index < -0.39 is 0 Å². The maximum absolute atomic E-state index is 12.9. The fourth-order valence-electron chi connectivity index (χ4n) is 3.05. The molecule has 0 fully saturated rings. The van der Waals surface area contributed by atoms with Gasteiger partial charge in [-0.1, -0.05) is 40.2 Å². The van der Waals surface area contributed by atoms with Crippen LogP contribution in [0.1, 0.15) is 5.56 Å². The molecule has 0 atom stereocenters. The largest absolute Gasteiger partial charge is 0.507 e. The van der Waals surface area contributed by atoms with Crippen LogP contribution < -0.4 is 14.9 Å². The van der Waals surface area contributed by atoms with Crippen molar-refractivity contribution in [1.82, 2.24) is 0 Å². The van der Waals surface area contributed by atoms with Gasteiger partial charge >= 0.3 is 0 Å². The molecule has 4 rings (SSSR count). The molecule has 1 aromatic heterocycles. The number of methoxy groups -OCH3 is 1. The lowest BCUT2D eigenvalue weighted by Gasteiger charge is -2.10. The van der Waals surface area contributed by atoms with Crippen molar-refractivity contribution < 1.29 is 19.0 Å². The average molecular weight is 453 g/mol. The van der Waals surface area contributed by atoms with E-state index in [4.69, 9.17) is 13.9 Å². The van der Waals surface area contributed by atoms with E-state index in [-0.39, 0.29) is 22.1 Å². The molecule has 4 aromatic rings. The molecule has 1 N–H and O–H groups in total. The molecule has 0 aliphatic carbocycles. The normalized spacial score (nSPS) is 10.8. The molecule has 146 valence electrons. The minimum atomic E-state index is -0.313. The molecule has 0 aliphatic heterocycles. The quantitative estimate of drug-likeness (QED) is 0.431. The molecule has 0 aliphatic rings. The number of fused-ring (bicyclic) bond motifs is 1. The van der Waals surface area contributed by atoms with Crippen LogP contribution >= 0.6 is 15.9 Å². The number of phenolic OH excluding ortho intramolecular Hbond substituents is 1. The first-order valence-electron chi connectivity index (χ1n) is 8.85. The van der Waals surface area contributed by atoms with Crippen LogP contribution in [0.25, 0.3) is 22.1 Å². The van der Waals surface area contributed by atoms with Crippen molar-refractivity contribution in [3.05, 3.63) is 87.2 Å². The van der Waals surface area contributed by atoms with Gasteiger partial charge in [-0.25, -0.2) is 0 Å². The van der Waals surface area contributed by atoms with Gasteiger partial charge in [0.15, 0.2) is 0 Å². The van der Waals surface area contributed by atoms with Crippen molar-refractivity contribution in [1.29, 1.82) is 0 Å². The summed E-state index contributed by atoms with van der Waals surface area (Å²) in [7, 11) is 1.58. The summed E-state index contributed by atoms with van der Waals surface area (Å²) in [6.45, 7) is 0.318. The van der Waals surface area contributed by atoms with Gasteiger partial charge in [-0.15, -0.1) is 0 Å². The van der Waals surface area contributed by atoms with Crippen LogP contribution in [0.3, 0.4) is 0 Å². The third kappa shape index (κ3) is 3.98. The summed E-state index contributed by atoms with van der Waals surface area (Å²) in [5.74, 6) is 0.917. The predicted molar refractivity (Wildman–Crippen MR) is 115 cm³/mol. The van der Waals surface area contributed by atoms with Crippen LogP contribution in [0.2, 0.25) is 0 Å². The summed E-state index contributed by atoms with van der Waals surface area (Å²) in [6, 6.07) is 17.8. The Labute approximate surface area is 175 Å². The van der Waals surface area contributed by atoms with Crippen LogP contribution in [0.15, 0.2) is 80.6 Å². The topological polar surface area (TPSA) is 68.9 Å². The zero-order valence-corrected chi connectivity index (χ0v) is 17.1. The second-order valence-corrected chi connectivity index (χ2v) is 7.36. The van der Waals surface area contributed by atoms with Gasteiger partial charge in [0.25, 0.3) is 0 Å². The first-order valence-corrected chi connectivity index (χ1v) is 9.64. The van der Waals surface area contributed by atoms with Crippen LogP contribution in [0, 0.1) is 0 Å². The SMILES string of the molecule is COc1ccc(-c2coc3cc(OCc4cccc(Br)c4)cc(O)c3c2=O)cc1. The minimum absolute atomic E-state index is 0.119. The van der Waals surface area contributed by atoms with Crippen molar-refractivity contribution in [3.63, 3.8) is 0 Å². The van der Waals surface area contributed by atoms with Gasteiger partial charge in [0, 0.05) is 16.6 Å². The molecule has 0 spiro atoms. The standard InChI is InChI=1S/C23H17BrO5/c1-27-17-7-5-15(6-8-17)19-13-29-21-11-18(10-20(25)22(21)23(19)26)28-12-14-3-2-4-16(24)9-14/h2-11,13,25H,12H2,1H3. The molecule has 1 heterocycles. The van der Waals surface area contributed by atoms with Crippen molar-refractivity contribution >= 4 is 26.9 Å². The highest BCUT2D eigenvalue weighted by Crippen LogP contribution is 2.31. The first kappa shape index (κ1) is 19.1. The van der Waals surface area contributed by atoms with Gasteiger partial charge < -0.3 is 19.0 Å². The maximum atomic E-state index is 12.9. The van der Waals surface area contributed by atoms with Crippen molar-refractivity contribution in [2.75, 3.05) is 7.11 Å². The van der Waals surface area contributed by atoms with Crippen LogP contribution in [0.4, 0.5) is 0 Å². The second-order valence-electron chi connectivity index (χ2n) is 6.44. The molecule has 0 saturated carbocycles. The monoisotopic (exact) mass is 452 g/mol. The van der Waals surface area contributed by atoms with Gasteiger partial charge in [0.1, 0.15) is 41.1 Å². The van der Waals surface area contributed by atoms with Gasteiger partial charge in [-0.05, 0) is 35.4 Å². The Morgan fingerprint density at radius 2 is 1.83 bits per heavy atom. The highest BCUT2D eigenvalue weighted by Gasteiger charge is 2.15. The summed E-state index contributed by atoms with van der Waals surface area (Å²) in [6.07, 6.45) is 1.39. The summed E-state index contributed by atoms with van der Waals surface area (Å²) in [5.41, 5.74) is 1.95. The number of hydrogen-bond acceptors (Lipinski definition) is 5. The van der Waals surface area contributed by atoms with Gasteiger partial charge in [-0.3, -0.25) is 4.79 Å². The molecule has 5 nitrogen and oxygen atoms in total. The first-order chi connectivity index (χ1) is 14.0. The second kappa shape index (κ2) is 8.01. The van der Waals surface area contributed by atoms with Crippen LogP contribution in [-0.2, 0) is 6.61 Å². The van der Waals surface area contributed by atoms with Crippen molar-refractivity contribution in [3.8, 4) is 28.4 Å². The highest BCUT2D eigenvalue weighted by molar-refractivity contribution is 9.10. The van der Waals surface area contributed by atoms with Crippen molar-refractivity contribution in [2.45, 2.75) is 6.61 Å². The van der Waals surface area contributed by atoms with E-state index in [0.29, 0.717) is 29.2 Å². The Hall–Kier alpha value is -3.25. The lowest BCUT2D eigenvalue weighted by molar-refractivity contribution is 0.304. The maximum Gasteiger partial charge on any atom is 0.204 e. The fourth-order valence-corrected chi connectivity index (χ4v) is 3.50. The average Bonchev–Trinajstić information content (AvgIpc) is 2.72. The van der Waals surface area contributed by atoms with E-state index in [1.54, 1.807) is 37.4 Å². The summed E-state index contributed by atoms with van der Waals surface area (Å²) in [4.78, 5) is 12.9. The number of aromatic hydroxyl groups is 1. The predicted octanol–water partition coefficient (Wildman–Crippen LogP) is 5.52. The zero-order chi connectivity index (χ0) is 20.4. The molecular weight excluding hydrogens is 436 g/mol. The zero-order valence-electron chi connectivity index (χ0n) is 15.5. The van der Waals surface area contributed by atoms with E-state index >= 15 is 0 Å². The van der Waals surface area contributed by atoms with E-state index in [1.807, 2.05) is 24.3 Å². The van der Waals surface area contributed by atoms with E-state index in [9.17, 15) is 9.90 Å². The summed E-state index contributed by atoms with van der Waals surface area (Å²) < 4.78 is 17.5. The Kier molecular flexibility index (Phi) is 5.27. The summed E-state index contributed by atoms with van der Waals surface area (Å²) >= 11 is 3.42. The van der Waals surface area contributed by atoms with E-state index in [2.05, 4.69) is 15.9 Å². The van der Waals surface area contributed by atoms with Crippen molar-refractivity contribution in [2.24, 2.45) is 0 Å². The number of hydrogen-bond donors (Lipinski definition) is 1. The van der Waals surface area contributed by atoms with Crippen LogP contribution in [-0.4, -0.2) is 12.2 Å². The molecular formula is C23H17BrO5. The fraction of sp³-hybridized carbons (Fsp3) is 0.0870. The van der Waals surface area contributed by atoms with E-state index in [0.717, 1.165) is 10.0 Å². The van der Waals surface area contributed by atoms with E-state index in [1.165, 1.54) is 12.3 Å². The number of ether oxygens (including phenoxy) is 2. The van der Waals surface area contributed by atoms with Crippen LogP contribution in [0.5, 0.6) is 17.2 Å². The molecule has 0 radical (unpaired) electrons. The molecule has 0 bridgehead atoms. The Bertz CT molecular complexity index is 1230. The number of phenols is 1. The Balaban J connectivity index is 1.67. The smallest absolute Gasteiger partial charge is 0.204 e. The number of halogens is 1. The lowest BCUT2D eigenvalue weighted by Crippen LogP contribution is -2.05. The molecule has 0 amide bonds. The number of rotatable bonds is 5. The third-order valence-corrected chi connectivity index (χ3v) is 5.02. The molecule has 0 saturated heterocycles. The molecule has 0 unspecified atom stereocenters.